The van der Waals surface area contributed by atoms with Gasteiger partial charge in [0, 0.05) is 12.1 Å². The third kappa shape index (κ3) is 4.90. The fourth-order valence-electron chi connectivity index (χ4n) is 2.14. The summed E-state index contributed by atoms with van der Waals surface area (Å²) < 4.78 is 18.4. The van der Waals surface area contributed by atoms with Crippen LogP contribution in [0.2, 0.25) is 0 Å². The van der Waals surface area contributed by atoms with Gasteiger partial charge in [-0.2, -0.15) is 0 Å². The minimum Gasteiger partial charge on any atom is -0.411 e. The number of halogens is 1. The number of hydrogen-bond acceptors (Lipinski definition) is 5. The summed E-state index contributed by atoms with van der Waals surface area (Å²) in [5.41, 5.74) is 2.78. The van der Waals surface area contributed by atoms with Crippen LogP contribution >= 0.6 is 11.8 Å². The van der Waals surface area contributed by atoms with Crippen molar-refractivity contribution in [3.63, 3.8) is 0 Å². The Morgan fingerprint density at radius 3 is 2.76 bits per heavy atom. The predicted molar refractivity (Wildman–Crippen MR) is 93.4 cm³/mol. The maximum absolute atomic E-state index is 12.8. The van der Waals surface area contributed by atoms with Crippen LogP contribution in [0.25, 0.3) is 11.5 Å². The molecule has 0 radical (unpaired) electrons. The molecule has 3 aromatic rings. The summed E-state index contributed by atoms with van der Waals surface area (Å²) >= 11 is 1.17. The van der Waals surface area contributed by atoms with Gasteiger partial charge in [-0.15, -0.1) is 10.2 Å². The topological polar surface area (TPSA) is 68.0 Å². The zero-order chi connectivity index (χ0) is 17.6. The van der Waals surface area contributed by atoms with E-state index < -0.39 is 0 Å². The summed E-state index contributed by atoms with van der Waals surface area (Å²) in [6.45, 7) is 2.33. The molecule has 3 rings (SSSR count). The van der Waals surface area contributed by atoms with E-state index in [-0.39, 0.29) is 17.5 Å². The fraction of sp³-hybridized carbons (Fsp3) is 0.167. The van der Waals surface area contributed by atoms with Crippen molar-refractivity contribution in [3.8, 4) is 11.5 Å². The monoisotopic (exact) mass is 357 g/mol. The zero-order valence-corrected chi connectivity index (χ0v) is 14.3. The Morgan fingerprint density at radius 1 is 1.20 bits per heavy atom. The molecule has 128 valence electrons. The van der Waals surface area contributed by atoms with Crippen molar-refractivity contribution >= 4 is 17.7 Å². The average Bonchev–Trinajstić information content (AvgIpc) is 3.08. The minimum atomic E-state index is -0.300. The van der Waals surface area contributed by atoms with Crippen LogP contribution in [-0.4, -0.2) is 21.9 Å². The molecule has 0 saturated heterocycles. The first-order chi connectivity index (χ1) is 12.1. The van der Waals surface area contributed by atoms with Gasteiger partial charge >= 0.3 is 0 Å². The van der Waals surface area contributed by atoms with Gasteiger partial charge in [0.05, 0.1) is 5.75 Å². The van der Waals surface area contributed by atoms with E-state index in [1.807, 2.05) is 31.2 Å². The molecule has 0 atom stereocenters. The molecule has 2 aromatic carbocycles. The van der Waals surface area contributed by atoms with E-state index in [0.717, 1.165) is 16.7 Å². The third-order valence-electron chi connectivity index (χ3n) is 3.40. The summed E-state index contributed by atoms with van der Waals surface area (Å²) in [6, 6.07) is 13.8. The van der Waals surface area contributed by atoms with Crippen LogP contribution < -0.4 is 5.32 Å². The van der Waals surface area contributed by atoms with E-state index in [0.29, 0.717) is 17.7 Å². The fourth-order valence-corrected chi connectivity index (χ4v) is 2.74. The summed E-state index contributed by atoms with van der Waals surface area (Å²) in [5, 5.41) is 11.1. The minimum absolute atomic E-state index is 0.162. The predicted octanol–water partition coefficient (Wildman–Crippen LogP) is 3.59. The third-order valence-corrected chi connectivity index (χ3v) is 4.22. The largest absolute Gasteiger partial charge is 0.411 e. The lowest BCUT2D eigenvalue weighted by Gasteiger charge is -2.04. The highest BCUT2D eigenvalue weighted by Gasteiger charge is 2.11. The summed E-state index contributed by atoms with van der Waals surface area (Å²) in [7, 11) is 0. The first-order valence-corrected chi connectivity index (χ1v) is 8.63. The van der Waals surface area contributed by atoms with Gasteiger partial charge in [0.1, 0.15) is 5.82 Å². The van der Waals surface area contributed by atoms with Gasteiger partial charge in [-0.25, -0.2) is 4.39 Å². The molecule has 0 bridgehead atoms. The van der Waals surface area contributed by atoms with E-state index in [4.69, 9.17) is 4.42 Å². The quantitative estimate of drug-likeness (QED) is 0.683. The molecule has 5 nitrogen and oxygen atoms in total. The summed E-state index contributed by atoms with van der Waals surface area (Å²) in [6.07, 6.45) is 0. The van der Waals surface area contributed by atoms with Crippen LogP contribution in [0.15, 0.2) is 58.2 Å². The Labute approximate surface area is 148 Å². The number of hydrogen-bond donors (Lipinski definition) is 1. The SMILES string of the molecule is Cc1cccc(-c2nnc(SCC(=O)NCc3ccc(F)cc3)o2)c1. The molecule has 1 amide bonds. The number of amides is 1. The van der Waals surface area contributed by atoms with Crippen molar-refractivity contribution < 1.29 is 13.6 Å². The van der Waals surface area contributed by atoms with E-state index in [1.54, 1.807) is 12.1 Å². The van der Waals surface area contributed by atoms with Crippen LogP contribution in [0.3, 0.4) is 0 Å². The molecule has 0 fully saturated rings. The molecule has 1 heterocycles. The Balaban J connectivity index is 1.50. The first kappa shape index (κ1) is 17.2. The van der Waals surface area contributed by atoms with Crippen LogP contribution in [0.4, 0.5) is 4.39 Å². The van der Waals surface area contributed by atoms with Crippen LogP contribution in [0, 0.1) is 12.7 Å². The number of nitrogens with zero attached hydrogens (tertiary/aromatic N) is 2. The van der Waals surface area contributed by atoms with Gasteiger partial charge in [0.2, 0.25) is 11.8 Å². The Bertz CT molecular complexity index is 865. The molecule has 0 aliphatic heterocycles. The van der Waals surface area contributed by atoms with Gasteiger partial charge in [0.15, 0.2) is 0 Å². The Kier molecular flexibility index (Phi) is 5.45. The summed E-state index contributed by atoms with van der Waals surface area (Å²) in [4.78, 5) is 11.9. The summed E-state index contributed by atoms with van der Waals surface area (Å²) in [5.74, 6) is 0.130. The second-order valence-corrected chi connectivity index (χ2v) is 6.36. The van der Waals surface area contributed by atoms with Crippen molar-refractivity contribution in [1.82, 2.24) is 15.5 Å². The van der Waals surface area contributed by atoms with Gasteiger partial charge in [-0.05, 0) is 36.8 Å². The Hall–Kier alpha value is -2.67. The number of aromatic nitrogens is 2. The smallest absolute Gasteiger partial charge is 0.277 e. The van der Waals surface area contributed by atoms with Crippen molar-refractivity contribution in [2.45, 2.75) is 18.7 Å². The van der Waals surface area contributed by atoms with Gasteiger partial charge in [0.25, 0.3) is 5.22 Å². The number of nitrogens with one attached hydrogen (secondary N) is 1. The maximum atomic E-state index is 12.8. The highest BCUT2D eigenvalue weighted by Crippen LogP contribution is 2.23. The maximum Gasteiger partial charge on any atom is 0.277 e. The van der Waals surface area contributed by atoms with Gasteiger partial charge in [-0.1, -0.05) is 41.6 Å². The molecule has 7 heteroatoms. The molecular weight excluding hydrogens is 341 g/mol. The first-order valence-electron chi connectivity index (χ1n) is 7.64. The van der Waals surface area contributed by atoms with E-state index in [1.165, 1.54) is 23.9 Å². The number of aryl methyl sites for hydroxylation is 1. The number of carbonyl (C=O) groups is 1. The molecular formula is C18H16FN3O2S. The number of benzene rings is 2. The lowest BCUT2D eigenvalue weighted by molar-refractivity contribution is -0.118. The van der Waals surface area contributed by atoms with E-state index in [9.17, 15) is 9.18 Å². The molecule has 25 heavy (non-hydrogen) atoms. The lowest BCUT2D eigenvalue weighted by atomic mass is 10.1. The molecule has 0 aliphatic carbocycles. The Morgan fingerprint density at radius 2 is 2.00 bits per heavy atom. The number of rotatable bonds is 6. The van der Waals surface area contributed by atoms with Crippen molar-refractivity contribution in [1.29, 1.82) is 0 Å². The number of carbonyl (C=O) groups excluding carboxylic acids is 1. The highest BCUT2D eigenvalue weighted by molar-refractivity contribution is 7.99. The molecule has 1 aromatic heterocycles. The average molecular weight is 357 g/mol. The second kappa shape index (κ2) is 7.94. The van der Waals surface area contributed by atoms with E-state index in [2.05, 4.69) is 15.5 Å². The molecule has 0 spiro atoms. The lowest BCUT2D eigenvalue weighted by Crippen LogP contribution is -2.24. The molecule has 1 N–H and O–H groups in total. The van der Waals surface area contributed by atoms with Crippen LogP contribution in [0.5, 0.6) is 0 Å². The zero-order valence-electron chi connectivity index (χ0n) is 13.5. The van der Waals surface area contributed by atoms with E-state index >= 15 is 0 Å². The normalized spacial score (nSPS) is 10.6. The van der Waals surface area contributed by atoms with Crippen molar-refractivity contribution in [2.75, 3.05) is 5.75 Å². The van der Waals surface area contributed by atoms with Gasteiger partial charge in [-0.3, -0.25) is 4.79 Å². The van der Waals surface area contributed by atoms with Crippen molar-refractivity contribution in [3.05, 3.63) is 65.5 Å². The van der Waals surface area contributed by atoms with Crippen molar-refractivity contribution in [2.24, 2.45) is 0 Å². The second-order valence-electron chi connectivity index (χ2n) is 5.43. The molecule has 0 aliphatic rings. The standard InChI is InChI=1S/C18H16FN3O2S/c1-12-3-2-4-14(9-12)17-21-22-18(24-17)25-11-16(23)20-10-13-5-7-15(19)8-6-13/h2-9H,10-11H2,1H3,(H,20,23). The van der Waals surface area contributed by atoms with Gasteiger partial charge < -0.3 is 9.73 Å². The number of thioether (sulfide) groups is 1. The van der Waals surface area contributed by atoms with Crippen LogP contribution in [0.1, 0.15) is 11.1 Å². The molecule has 0 saturated carbocycles. The molecule has 0 unspecified atom stereocenters. The highest BCUT2D eigenvalue weighted by atomic mass is 32.2. The van der Waals surface area contributed by atoms with Crippen LogP contribution in [-0.2, 0) is 11.3 Å².